The van der Waals surface area contributed by atoms with Gasteiger partial charge in [-0.3, -0.25) is 9.58 Å². The van der Waals surface area contributed by atoms with Crippen molar-refractivity contribution in [3.63, 3.8) is 0 Å². The van der Waals surface area contributed by atoms with Crippen LogP contribution in [0.4, 0.5) is 17.6 Å². The van der Waals surface area contributed by atoms with Crippen LogP contribution in [0.1, 0.15) is 29.8 Å². The Morgan fingerprint density at radius 1 is 1.05 bits per heavy atom. The molecule has 5 rings (SSSR count). The van der Waals surface area contributed by atoms with E-state index in [4.69, 9.17) is 0 Å². The predicted molar refractivity (Wildman–Crippen MR) is 142 cm³/mol. The fourth-order valence-electron chi connectivity index (χ4n) is 5.20. The van der Waals surface area contributed by atoms with Crippen LogP contribution in [0.3, 0.4) is 0 Å². The molecule has 0 bridgehead atoms. The number of rotatable bonds is 6. The number of hydrogen-bond donors (Lipinski definition) is 0. The number of hydrogen-bond acceptors (Lipinski definition) is 5. The number of piperazine rings is 1. The molecule has 3 heterocycles. The second kappa shape index (κ2) is 10.3. The summed E-state index contributed by atoms with van der Waals surface area (Å²) in [7, 11) is -2.28. The first-order chi connectivity index (χ1) is 18.8. The third-order valence-corrected chi connectivity index (χ3v) is 9.68. The summed E-state index contributed by atoms with van der Waals surface area (Å²) in [6.45, 7) is 4.57. The molecule has 0 radical (unpaired) electrons. The Hall–Kier alpha value is -3.29. The van der Waals surface area contributed by atoms with Crippen molar-refractivity contribution in [3.05, 3.63) is 71.4 Å². The summed E-state index contributed by atoms with van der Waals surface area (Å²) in [6, 6.07) is 9.01. The summed E-state index contributed by atoms with van der Waals surface area (Å²) in [4.78, 5) is 1.80. The molecule has 1 aliphatic heterocycles. The van der Waals surface area contributed by atoms with Gasteiger partial charge in [0.1, 0.15) is 10.7 Å². The molecule has 1 aliphatic rings. The van der Waals surface area contributed by atoms with E-state index in [1.165, 1.54) is 27.3 Å². The maximum atomic E-state index is 13.6. The highest BCUT2D eigenvalue weighted by Crippen LogP contribution is 2.36. The van der Waals surface area contributed by atoms with E-state index in [9.17, 15) is 26.0 Å². The van der Waals surface area contributed by atoms with E-state index in [2.05, 4.69) is 10.2 Å². The number of benzene rings is 2. The smallest absolute Gasteiger partial charge is 0.293 e. The van der Waals surface area contributed by atoms with Crippen LogP contribution in [-0.2, 0) is 17.1 Å². The summed E-state index contributed by atoms with van der Waals surface area (Å²) in [5.41, 5.74) is 3.39. The van der Waals surface area contributed by atoms with Crippen LogP contribution in [-0.4, -0.2) is 69.5 Å². The lowest BCUT2D eigenvalue weighted by molar-refractivity contribution is -0.176. The summed E-state index contributed by atoms with van der Waals surface area (Å²) in [6.07, 6.45) is -1.44. The third-order valence-electron chi connectivity index (χ3n) is 7.72. The molecule has 2 aromatic heterocycles. The lowest BCUT2D eigenvalue weighted by atomic mass is 9.95. The van der Waals surface area contributed by atoms with E-state index in [0.717, 1.165) is 29.0 Å². The number of sulfonamides is 1. The zero-order chi connectivity index (χ0) is 29.0. The molecular formula is C27H30F4N6O2S. The predicted octanol–water partition coefficient (Wildman–Crippen LogP) is 4.76. The molecule has 2 atom stereocenters. The van der Waals surface area contributed by atoms with Gasteiger partial charge in [-0.1, -0.05) is 6.92 Å². The van der Waals surface area contributed by atoms with Gasteiger partial charge in [0, 0.05) is 44.7 Å². The van der Waals surface area contributed by atoms with E-state index in [1.807, 2.05) is 19.1 Å². The van der Waals surface area contributed by atoms with Crippen molar-refractivity contribution in [2.24, 2.45) is 13.0 Å². The first kappa shape index (κ1) is 28.2. The molecule has 0 saturated carbocycles. The van der Waals surface area contributed by atoms with Gasteiger partial charge in [-0.25, -0.2) is 17.5 Å². The van der Waals surface area contributed by atoms with Crippen molar-refractivity contribution in [2.45, 2.75) is 37.9 Å². The van der Waals surface area contributed by atoms with Crippen LogP contribution in [0.5, 0.6) is 0 Å². The summed E-state index contributed by atoms with van der Waals surface area (Å²) >= 11 is 0. The fourth-order valence-corrected chi connectivity index (χ4v) is 6.82. The van der Waals surface area contributed by atoms with Crippen molar-refractivity contribution >= 4 is 20.9 Å². The molecule has 0 N–H and O–H groups in total. The lowest BCUT2D eigenvalue weighted by Crippen LogP contribution is -2.52. The average Bonchev–Trinajstić information content (AvgIpc) is 3.46. The van der Waals surface area contributed by atoms with E-state index in [-0.39, 0.29) is 36.9 Å². The summed E-state index contributed by atoms with van der Waals surface area (Å²) < 4.78 is 85.8. The van der Waals surface area contributed by atoms with E-state index < -0.39 is 28.2 Å². The van der Waals surface area contributed by atoms with Gasteiger partial charge in [0.2, 0.25) is 10.0 Å². The molecule has 2 aromatic carbocycles. The number of fused-ring (bicyclic) bond motifs is 1. The van der Waals surface area contributed by atoms with Gasteiger partial charge in [-0.15, -0.1) is 0 Å². The molecule has 214 valence electrons. The molecule has 40 heavy (non-hydrogen) atoms. The van der Waals surface area contributed by atoms with Crippen LogP contribution >= 0.6 is 0 Å². The Bertz CT molecular complexity index is 1650. The van der Waals surface area contributed by atoms with E-state index in [0.29, 0.717) is 11.4 Å². The molecule has 8 nitrogen and oxygen atoms in total. The first-order valence-electron chi connectivity index (χ1n) is 12.8. The second-order valence-corrected chi connectivity index (χ2v) is 12.2. The van der Waals surface area contributed by atoms with Crippen molar-refractivity contribution in [1.82, 2.24) is 28.8 Å². The number of halogens is 4. The number of aromatic nitrogens is 4. The van der Waals surface area contributed by atoms with Crippen molar-refractivity contribution < 1.29 is 26.0 Å². The van der Waals surface area contributed by atoms with Crippen molar-refractivity contribution in [2.75, 3.05) is 26.2 Å². The minimum atomic E-state index is -4.38. The standard InChI is InChI=1S/C27H30F4N6O2S/c1-17-11-24-20(13-33-37(24)22-7-5-21(28)6-8-22)12-23(17)25-16-36(10-9-35(25)15-18(2)27(29,30)31)40(38,39)26-14-32-34(4)19(26)3/h5-8,11-14,18,25H,9-10,15-16H2,1-4H3/t18?,25-/m1/s1. The van der Waals surface area contributed by atoms with E-state index in [1.54, 1.807) is 41.9 Å². The van der Waals surface area contributed by atoms with Gasteiger partial charge in [0.25, 0.3) is 0 Å². The van der Waals surface area contributed by atoms with Crippen molar-refractivity contribution in [3.8, 4) is 5.69 Å². The SMILES string of the molecule is Cc1cc2c(cnn2-c2ccc(F)cc2)cc1[C@H]1CN(S(=O)(=O)c2cnn(C)c2C)CCN1CC(C)C(F)(F)F. The molecule has 0 amide bonds. The van der Waals surface area contributed by atoms with Crippen LogP contribution in [0.25, 0.3) is 16.6 Å². The minimum Gasteiger partial charge on any atom is -0.293 e. The zero-order valence-corrected chi connectivity index (χ0v) is 23.3. The maximum Gasteiger partial charge on any atom is 0.392 e. The Labute approximate surface area is 229 Å². The normalized spacial score (nSPS) is 18.4. The molecule has 13 heteroatoms. The number of nitrogens with zero attached hydrogens (tertiary/aromatic N) is 6. The minimum absolute atomic E-state index is 0.0142. The number of alkyl halides is 3. The molecule has 4 aromatic rings. The highest BCUT2D eigenvalue weighted by molar-refractivity contribution is 7.89. The Kier molecular flexibility index (Phi) is 7.26. The first-order valence-corrected chi connectivity index (χ1v) is 14.2. The van der Waals surface area contributed by atoms with Crippen LogP contribution in [0.2, 0.25) is 0 Å². The molecule has 0 spiro atoms. The quantitative estimate of drug-likeness (QED) is 0.309. The molecule has 1 unspecified atom stereocenters. The maximum absolute atomic E-state index is 13.6. The van der Waals surface area contributed by atoms with Gasteiger partial charge in [0.05, 0.1) is 35.2 Å². The van der Waals surface area contributed by atoms with Crippen LogP contribution in [0.15, 0.2) is 53.7 Å². The van der Waals surface area contributed by atoms with Gasteiger partial charge < -0.3 is 0 Å². The summed E-state index contributed by atoms with van der Waals surface area (Å²) in [5, 5.41) is 9.24. The molecule has 1 saturated heterocycles. The lowest BCUT2D eigenvalue weighted by Gasteiger charge is -2.42. The fraction of sp³-hybridized carbons (Fsp3) is 0.407. The van der Waals surface area contributed by atoms with Gasteiger partial charge in [-0.2, -0.15) is 27.7 Å². The van der Waals surface area contributed by atoms with Gasteiger partial charge in [-0.05, 0) is 61.4 Å². The second-order valence-electron chi connectivity index (χ2n) is 10.3. The van der Waals surface area contributed by atoms with Crippen molar-refractivity contribution in [1.29, 1.82) is 0 Å². The Morgan fingerprint density at radius 2 is 1.75 bits per heavy atom. The third kappa shape index (κ3) is 5.13. The van der Waals surface area contributed by atoms with E-state index >= 15 is 0 Å². The van der Waals surface area contributed by atoms with Crippen LogP contribution < -0.4 is 0 Å². The highest BCUT2D eigenvalue weighted by atomic mass is 32.2. The molecule has 0 aliphatic carbocycles. The monoisotopic (exact) mass is 578 g/mol. The largest absolute Gasteiger partial charge is 0.392 e. The topological polar surface area (TPSA) is 76.3 Å². The highest BCUT2D eigenvalue weighted by Gasteiger charge is 2.42. The zero-order valence-electron chi connectivity index (χ0n) is 22.5. The average molecular weight is 579 g/mol. The van der Waals surface area contributed by atoms with Gasteiger partial charge in [0.15, 0.2) is 0 Å². The number of aryl methyl sites for hydroxylation is 2. The summed E-state index contributed by atoms with van der Waals surface area (Å²) in [5.74, 6) is -1.96. The van der Waals surface area contributed by atoms with Crippen LogP contribution in [0, 0.1) is 25.6 Å². The molecular weight excluding hydrogens is 548 g/mol. The Balaban J connectivity index is 1.55. The molecule has 1 fully saturated rings. The van der Waals surface area contributed by atoms with Gasteiger partial charge >= 0.3 is 6.18 Å². The Morgan fingerprint density at radius 3 is 2.38 bits per heavy atom.